The van der Waals surface area contributed by atoms with E-state index in [-0.39, 0.29) is 31.6 Å². The summed E-state index contributed by atoms with van der Waals surface area (Å²) in [6.45, 7) is 13.2. The van der Waals surface area contributed by atoms with E-state index in [1.165, 1.54) is 33.1 Å². The smallest absolute Gasteiger partial charge is 0.311 e. The van der Waals surface area contributed by atoms with Crippen molar-refractivity contribution in [3.63, 3.8) is 0 Å². The molecule has 1 aliphatic carbocycles. The number of allylic oxidation sites excluding steroid dienone is 4. The molecule has 0 N–H and O–H groups in total. The second-order valence-electron chi connectivity index (χ2n) is 7.64. The van der Waals surface area contributed by atoms with Crippen molar-refractivity contribution in [3.05, 3.63) is 64.8 Å². The van der Waals surface area contributed by atoms with Crippen LogP contribution in [0.15, 0.2) is 53.1 Å². The van der Waals surface area contributed by atoms with Gasteiger partial charge in [-0.2, -0.15) is 17.2 Å². The molecular formula is C23H31NZr. The average molecular weight is 413 g/mol. The van der Waals surface area contributed by atoms with Crippen LogP contribution in [0.3, 0.4) is 0 Å². The maximum Gasteiger partial charge on any atom is 2.00 e. The van der Waals surface area contributed by atoms with Crippen LogP contribution in [0.2, 0.25) is 0 Å². The van der Waals surface area contributed by atoms with Crippen molar-refractivity contribution in [1.29, 1.82) is 0 Å². The minimum atomic E-state index is 0. The summed E-state index contributed by atoms with van der Waals surface area (Å²) in [6.07, 6.45) is 3.44. The summed E-state index contributed by atoms with van der Waals surface area (Å²) in [7, 11) is 4.24. The Bertz CT molecular complexity index is 774. The fraction of sp³-hybridized carbons (Fsp3) is 0.435. The number of nitrogens with zero attached hydrogens (tertiary/aromatic N) is 1. The van der Waals surface area contributed by atoms with Gasteiger partial charge in [-0.05, 0) is 20.1 Å². The second kappa shape index (κ2) is 8.69. The summed E-state index contributed by atoms with van der Waals surface area (Å²) in [5.74, 6) is 0. The molecule has 1 atom stereocenters. The van der Waals surface area contributed by atoms with Crippen molar-refractivity contribution in [2.75, 3.05) is 14.1 Å². The van der Waals surface area contributed by atoms with Crippen LogP contribution in [0.4, 0.5) is 0 Å². The van der Waals surface area contributed by atoms with Crippen molar-refractivity contribution < 1.29 is 26.2 Å². The van der Waals surface area contributed by atoms with Crippen LogP contribution in [0.25, 0.3) is 10.8 Å². The average Bonchev–Trinajstić information content (AvgIpc) is 3.03. The fourth-order valence-electron chi connectivity index (χ4n) is 3.22. The molecule has 1 unspecified atom stereocenters. The quantitative estimate of drug-likeness (QED) is 0.524. The summed E-state index contributed by atoms with van der Waals surface area (Å²) in [5.41, 5.74) is 5.82. The van der Waals surface area contributed by atoms with Crippen molar-refractivity contribution in [3.8, 4) is 0 Å². The van der Waals surface area contributed by atoms with Crippen molar-refractivity contribution in [2.24, 2.45) is 5.41 Å². The van der Waals surface area contributed by atoms with Gasteiger partial charge in [-0.15, -0.1) is 47.5 Å². The Kier molecular flexibility index (Phi) is 7.72. The molecule has 0 bridgehead atoms. The molecule has 0 saturated carbocycles. The first-order valence-corrected chi connectivity index (χ1v) is 8.76. The predicted octanol–water partition coefficient (Wildman–Crippen LogP) is 6.29. The maximum atomic E-state index is 3.44. The first kappa shape index (κ1) is 22.2. The first-order chi connectivity index (χ1) is 11.1. The molecule has 2 heteroatoms. The SMILES string of the molecule is CC([c-]1ccc2ccccc21)N(C)C.CC1=[C-]C(C)(C)C(C)=C1C.[Zr+2]. The first-order valence-electron chi connectivity index (χ1n) is 8.76. The summed E-state index contributed by atoms with van der Waals surface area (Å²) in [4.78, 5) is 2.24. The van der Waals surface area contributed by atoms with E-state index in [2.05, 4.69) is 103 Å². The summed E-state index contributed by atoms with van der Waals surface area (Å²) in [5, 5.41) is 2.73. The maximum absolute atomic E-state index is 3.44. The van der Waals surface area contributed by atoms with Gasteiger partial charge in [0.15, 0.2) is 0 Å². The van der Waals surface area contributed by atoms with Gasteiger partial charge in [0, 0.05) is 0 Å². The normalized spacial score (nSPS) is 17.1. The molecule has 0 heterocycles. The molecule has 0 aromatic heterocycles. The van der Waals surface area contributed by atoms with Gasteiger partial charge in [0.1, 0.15) is 0 Å². The van der Waals surface area contributed by atoms with Crippen LogP contribution >= 0.6 is 0 Å². The number of benzene rings is 1. The van der Waals surface area contributed by atoms with Crippen LogP contribution in [0, 0.1) is 11.5 Å². The van der Waals surface area contributed by atoms with Crippen LogP contribution < -0.4 is 0 Å². The zero-order chi connectivity index (χ0) is 18.1. The molecule has 2 aromatic carbocycles. The molecule has 0 fully saturated rings. The molecule has 0 radical (unpaired) electrons. The van der Waals surface area contributed by atoms with E-state index in [9.17, 15) is 0 Å². The number of fused-ring (bicyclic) bond motifs is 1. The monoisotopic (exact) mass is 411 g/mol. The summed E-state index contributed by atoms with van der Waals surface area (Å²) in [6, 6.07) is 13.5. The minimum Gasteiger partial charge on any atom is -0.311 e. The van der Waals surface area contributed by atoms with Crippen LogP contribution in [0.1, 0.15) is 53.1 Å². The molecule has 3 rings (SSSR count). The Morgan fingerprint density at radius 1 is 1.04 bits per heavy atom. The van der Waals surface area contributed by atoms with Crippen molar-refractivity contribution in [1.82, 2.24) is 4.90 Å². The minimum absolute atomic E-state index is 0. The molecule has 0 amide bonds. The van der Waals surface area contributed by atoms with Gasteiger partial charge in [0.25, 0.3) is 0 Å². The number of hydrogen-bond acceptors (Lipinski definition) is 1. The van der Waals surface area contributed by atoms with E-state index in [0.29, 0.717) is 6.04 Å². The third-order valence-corrected chi connectivity index (χ3v) is 5.50. The van der Waals surface area contributed by atoms with Crippen molar-refractivity contribution in [2.45, 2.75) is 47.6 Å². The van der Waals surface area contributed by atoms with E-state index >= 15 is 0 Å². The van der Waals surface area contributed by atoms with Crippen LogP contribution in [-0.2, 0) is 26.2 Å². The Morgan fingerprint density at radius 2 is 1.64 bits per heavy atom. The molecule has 25 heavy (non-hydrogen) atoms. The van der Waals surface area contributed by atoms with E-state index in [1.54, 1.807) is 0 Å². The molecule has 1 aliphatic rings. The zero-order valence-electron chi connectivity index (χ0n) is 17.0. The van der Waals surface area contributed by atoms with Gasteiger partial charge in [-0.3, -0.25) is 6.08 Å². The molecule has 2 aromatic rings. The summed E-state index contributed by atoms with van der Waals surface area (Å²) < 4.78 is 0. The van der Waals surface area contributed by atoms with Gasteiger partial charge >= 0.3 is 26.2 Å². The fourth-order valence-corrected chi connectivity index (χ4v) is 3.22. The molecule has 1 nitrogen and oxygen atoms in total. The third kappa shape index (κ3) is 4.86. The van der Waals surface area contributed by atoms with E-state index in [1.807, 2.05) is 0 Å². The van der Waals surface area contributed by atoms with E-state index in [4.69, 9.17) is 0 Å². The van der Waals surface area contributed by atoms with Gasteiger partial charge < -0.3 is 4.90 Å². The largest absolute Gasteiger partial charge is 2.00 e. The van der Waals surface area contributed by atoms with Gasteiger partial charge in [0.2, 0.25) is 0 Å². The molecular weight excluding hydrogens is 381 g/mol. The van der Waals surface area contributed by atoms with Crippen LogP contribution in [-0.4, -0.2) is 19.0 Å². The van der Waals surface area contributed by atoms with Gasteiger partial charge in [-0.1, -0.05) is 46.1 Å². The van der Waals surface area contributed by atoms with E-state index < -0.39 is 0 Å². The summed E-state index contributed by atoms with van der Waals surface area (Å²) >= 11 is 0. The van der Waals surface area contributed by atoms with Crippen molar-refractivity contribution >= 4 is 10.8 Å². The molecule has 0 aliphatic heterocycles. The Morgan fingerprint density at radius 3 is 2.08 bits per heavy atom. The molecule has 0 saturated heterocycles. The number of rotatable bonds is 2. The topological polar surface area (TPSA) is 3.24 Å². The number of hydrogen-bond donors (Lipinski definition) is 0. The van der Waals surface area contributed by atoms with Gasteiger partial charge in [0.05, 0.1) is 0 Å². The van der Waals surface area contributed by atoms with E-state index in [0.717, 1.165) is 0 Å². The predicted molar refractivity (Wildman–Crippen MR) is 106 cm³/mol. The zero-order valence-corrected chi connectivity index (χ0v) is 19.4. The molecule has 0 spiro atoms. The molecule has 132 valence electrons. The van der Waals surface area contributed by atoms with Crippen LogP contribution in [0.5, 0.6) is 0 Å². The Balaban J connectivity index is 0.000000254. The third-order valence-electron chi connectivity index (χ3n) is 5.50. The second-order valence-corrected chi connectivity index (χ2v) is 7.64. The Labute approximate surface area is 173 Å². The Hall–Kier alpha value is -0.847. The standard InChI is InChI=1S/C13H16N.C10H15.Zr/c1-10(14(2)3)12-9-8-11-6-4-5-7-13(11)12;1-7-6-10(4,5)9(3)8(7)2;/h4-10H,1-3H3;1-5H3;/q2*-1;+2. The van der Waals surface area contributed by atoms with Gasteiger partial charge in [-0.25, -0.2) is 5.57 Å².